The summed E-state index contributed by atoms with van der Waals surface area (Å²) < 4.78 is 2.21. The number of para-hydroxylation sites is 1. The van der Waals surface area contributed by atoms with Crippen molar-refractivity contribution in [3.8, 4) is 11.3 Å². The number of H-pyrrole nitrogens is 1. The van der Waals surface area contributed by atoms with Gasteiger partial charge >= 0.3 is 0 Å². The van der Waals surface area contributed by atoms with Gasteiger partial charge in [0.15, 0.2) is 0 Å². The van der Waals surface area contributed by atoms with Crippen LogP contribution < -0.4 is 11.3 Å². The Balaban J connectivity index is 0.000000709. The van der Waals surface area contributed by atoms with Crippen molar-refractivity contribution in [2.24, 2.45) is 5.73 Å². The molecule has 0 fully saturated rings. The van der Waals surface area contributed by atoms with E-state index in [2.05, 4.69) is 21.5 Å². The summed E-state index contributed by atoms with van der Waals surface area (Å²) in [5, 5.41) is 19.4. The number of nitro groups is 1. The smallest absolute Gasteiger partial charge is 0.300 e. The quantitative estimate of drug-likeness (QED) is 0.299. The molecule has 0 unspecified atom stereocenters. The monoisotopic (exact) mass is 451 g/mol. The number of hydrogen-bond donors (Lipinski definition) is 3. The van der Waals surface area contributed by atoms with Gasteiger partial charge in [0.05, 0.1) is 16.0 Å². The fraction of sp³-hybridized carbons (Fsp3) is 0.261. The number of carboxylic acids is 1. The largest absolute Gasteiger partial charge is 0.481 e. The molecular formula is C23H25N5O5. The number of nitrogens with two attached hydrogens (primary N) is 1. The summed E-state index contributed by atoms with van der Waals surface area (Å²) in [5.41, 5.74) is 9.32. The predicted octanol–water partition coefficient (Wildman–Crippen LogP) is 3.46. The van der Waals surface area contributed by atoms with E-state index >= 15 is 0 Å². The lowest BCUT2D eigenvalue weighted by atomic mass is 10.1. The summed E-state index contributed by atoms with van der Waals surface area (Å²) in [6, 6.07) is 12.2. The Morgan fingerprint density at radius 3 is 2.61 bits per heavy atom. The van der Waals surface area contributed by atoms with Gasteiger partial charge < -0.3 is 20.4 Å². The zero-order chi connectivity index (χ0) is 24.1. The van der Waals surface area contributed by atoms with Gasteiger partial charge in [-0.15, -0.1) is 0 Å². The third kappa shape index (κ3) is 4.90. The number of nitro benzene ring substituents is 1. The topological polar surface area (TPSA) is 157 Å². The number of aromatic amines is 1. The lowest BCUT2D eigenvalue weighted by Crippen LogP contribution is -2.13. The third-order valence-electron chi connectivity index (χ3n) is 5.12. The van der Waals surface area contributed by atoms with Crippen molar-refractivity contribution in [3.05, 3.63) is 68.6 Å². The molecular weight excluding hydrogens is 426 g/mol. The number of non-ortho nitro benzene ring substituents is 1. The molecule has 4 N–H and O–H groups in total. The second kappa shape index (κ2) is 10.0. The van der Waals surface area contributed by atoms with E-state index in [1.807, 2.05) is 24.3 Å². The van der Waals surface area contributed by atoms with Crippen LogP contribution in [0.15, 0.2) is 47.3 Å². The van der Waals surface area contributed by atoms with E-state index in [0.717, 1.165) is 48.5 Å². The molecule has 2 aromatic carbocycles. The standard InChI is InChI=1S/C21H21N5O3.C2H4O2/c1-2-17-19(14-6-3-4-7-18(14)25(17)11-5-10-22)20-21(27)24-16-12-13(26(28)29)8-9-15(16)23-20;1-2(3)4/h3-4,6-9,12H,2,5,10-11,22H2,1H3,(H,24,27);1H3,(H,3,4). The summed E-state index contributed by atoms with van der Waals surface area (Å²) in [4.78, 5) is 39.8. The Kier molecular flexibility index (Phi) is 7.19. The lowest BCUT2D eigenvalue weighted by molar-refractivity contribution is -0.384. The third-order valence-corrected chi connectivity index (χ3v) is 5.12. The highest BCUT2D eigenvalue weighted by Gasteiger charge is 2.21. The van der Waals surface area contributed by atoms with Gasteiger partial charge in [0, 0.05) is 47.8 Å². The van der Waals surface area contributed by atoms with Crippen molar-refractivity contribution >= 4 is 33.6 Å². The zero-order valence-electron chi connectivity index (χ0n) is 18.4. The van der Waals surface area contributed by atoms with Crippen LogP contribution in [-0.4, -0.2) is 37.1 Å². The summed E-state index contributed by atoms with van der Waals surface area (Å²) in [6.45, 7) is 4.48. The minimum Gasteiger partial charge on any atom is -0.481 e. The molecule has 0 atom stereocenters. The van der Waals surface area contributed by atoms with Crippen molar-refractivity contribution in [1.29, 1.82) is 0 Å². The molecule has 0 amide bonds. The maximum absolute atomic E-state index is 12.9. The first-order valence-electron chi connectivity index (χ1n) is 10.5. The van der Waals surface area contributed by atoms with E-state index in [1.54, 1.807) is 6.07 Å². The molecule has 172 valence electrons. The summed E-state index contributed by atoms with van der Waals surface area (Å²) in [5.74, 6) is -0.833. The fourth-order valence-electron chi connectivity index (χ4n) is 3.85. The van der Waals surface area contributed by atoms with Gasteiger partial charge in [-0.2, -0.15) is 0 Å². The molecule has 0 saturated carbocycles. The Morgan fingerprint density at radius 2 is 1.97 bits per heavy atom. The van der Waals surface area contributed by atoms with Crippen molar-refractivity contribution < 1.29 is 14.8 Å². The molecule has 0 aliphatic heterocycles. The average Bonchev–Trinajstić information content (AvgIpc) is 3.09. The van der Waals surface area contributed by atoms with E-state index in [4.69, 9.17) is 15.6 Å². The summed E-state index contributed by atoms with van der Waals surface area (Å²) in [6.07, 6.45) is 1.56. The number of aryl methyl sites for hydroxylation is 1. The van der Waals surface area contributed by atoms with Crippen LogP contribution in [-0.2, 0) is 17.8 Å². The normalized spacial score (nSPS) is 10.8. The number of hydrogen-bond acceptors (Lipinski definition) is 6. The molecule has 10 nitrogen and oxygen atoms in total. The Labute approximate surface area is 188 Å². The van der Waals surface area contributed by atoms with E-state index in [1.165, 1.54) is 12.1 Å². The SMILES string of the molecule is CC(=O)O.CCc1c(-c2nc3ccc([N+](=O)[O-])cc3[nH]c2=O)c2ccccc2n1CCCN. The molecule has 2 aromatic heterocycles. The first kappa shape index (κ1) is 23.6. The Bertz CT molecular complexity index is 1390. The molecule has 4 aromatic rings. The highest BCUT2D eigenvalue weighted by molar-refractivity contribution is 5.98. The lowest BCUT2D eigenvalue weighted by Gasteiger charge is -2.10. The molecule has 33 heavy (non-hydrogen) atoms. The molecule has 2 heterocycles. The first-order valence-corrected chi connectivity index (χ1v) is 10.5. The number of nitrogens with zero attached hydrogens (tertiary/aromatic N) is 3. The number of nitrogens with one attached hydrogen (secondary N) is 1. The summed E-state index contributed by atoms with van der Waals surface area (Å²) >= 11 is 0. The molecule has 0 spiro atoms. The van der Waals surface area contributed by atoms with Gasteiger partial charge in [0.25, 0.3) is 17.2 Å². The van der Waals surface area contributed by atoms with Gasteiger partial charge in [-0.05, 0) is 31.5 Å². The van der Waals surface area contributed by atoms with Crippen LogP contribution in [0.4, 0.5) is 5.69 Å². The molecule has 0 bridgehead atoms. The molecule has 4 rings (SSSR count). The van der Waals surface area contributed by atoms with Crippen molar-refractivity contribution in [2.45, 2.75) is 33.2 Å². The Morgan fingerprint density at radius 1 is 1.27 bits per heavy atom. The van der Waals surface area contributed by atoms with E-state index in [9.17, 15) is 14.9 Å². The first-order chi connectivity index (χ1) is 15.8. The van der Waals surface area contributed by atoms with E-state index in [-0.39, 0.29) is 11.2 Å². The molecule has 0 aliphatic rings. The van der Waals surface area contributed by atoms with Gasteiger partial charge in [-0.3, -0.25) is 19.7 Å². The van der Waals surface area contributed by atoms with Crippen LogP contribution in [0, 0.1) is 10.1 Å². The second-order valence-corrected chi connectivity index (χ2v) is 7.38. The van der Waals surface area contributed by atoms with Crippen molar-refractivity contribution in [2.75, 3.05) is 6.54 Å². The van der Waals surface area contributed by atoms with Crippen molar-refractivity contribution in [3.63, 3.8) is 0 Å². The number of fused-ring (bicyclic) bond motifs is 2. The molecule has 10 heteroatoms. The van der Waals surface area contributed by atoms with E-state index < -0.39 is 10.9 Å². The van der Waals surface area contributed by atoms with Crippen LogP contribution in [0.5, 0.6) is 0 Å². The molecule has 0 aliphatic carbocycles. The van der Waals surface area contributed by atoms with E-state index in [0.29, 0.717) is 23.3 Å². The zero-order valence-corrected chi connectivity index (χ0v) is 18.4. The van der Waals surface area contributed by atoms with Crippen LogP contribution >= 0.6 is 0 Å². The number of benzene rings is 2. The highest BCUT2D eigenvalue weighted by Crippen LogP contribution is 2.34. The summed E-state index contributed by atoms with van der Waals surface area (Å²) in [7, 11) is 0. The number of aliphatic carboxylic acids is 1. The van der Waals surface area contributed by atoms with Crippen LogP contribution in [0.1, 0.15) is 26.0 Å². The predicted molar refractivity (Wildman–Crippen MR) is 126 cm³/mol. The number of rotatable bonds is 6. The fourth-order valence-corrected chi connectivity index (χ4v) is 3.85. The maximum atomic E-state index is 12.9. The van der Waals surface area contributed by atoms with Crippen molar-refractivity contribution in [1.82, 2.24) is 14.5 Å². The number of aromatic nitrogens is 3. The van der Waals surface area contributed by atoms with Gasteiger partial charge in [0.2, 0.25) is 0 Å². The van der Waals surface area contributed by atoms with Gasteiger partial charge in [0.1, 0.15) is 5.69 Å². The number of carboxylic acid groups (broad SMARTS) is 1. The average molecular weight is 451 g/mol. The van der Waals surface area contributed by atoms with Crippen LogP contribution in [0.25, 0.3) is 33.2 Å². The second-order valence-electron chi connectivity index (χ2n) is 7.38. The van der Waals surface area contributed by atoms with Gasteiger partial charge in [-0.25, -0.2) is 4.98 Å². The maximum Gasteiger partial charge on any atom is 0.300 e. The minimum atomic E-state index is -0.833. The molecule has 0 radical (unpaired) electrons. The minimum absolute atomic E-state index is 0.0877. The number of carbonyl (C=O) groups is 1. The van der Waals surface area contributed by atoms with Gasteiger partial charge in [-0.1, -0.05) is 25.1 Å². The van der Waals surface area contributed by atoms with Crippen LogP contribution in [0.2, 0.25) is 0 Å². The van der Waals surface area contributed by atoms with Crippen LogP contribution in [0.3, 0.4) is 0 Å². The molecule has 0 saturated heterocycles. The Hall–Kier alpha value is -4.05. The highest BCUT2D eigenvalue weighted by atomic mass is 16.6.